The number of benzene rings is 2. The molecule has 29 heavy (non-hydrogen) atoms. The van der Waals surface area contributed by atoms with Crippen molar-refractivity contribution in [3.63, 3.8) is 0 Å². The summed E-state index contributed by atoms with van der Waals surface area (Å²) in [6.07, 6.45) is 0. The third kappa shape index (κ3) is 6.91. The lowest BCUT2D eigenvalue weighted by molar-refractivity contribution is -0.132. The molecule has 0 aromatic heterocycles. The summed E-state index contributed by atoms with van der Waals surface area (Å²) in [5, 5.41) is 7.80. The van der Waals surface area contributed by atoms with Crippen LogP contribution in [0.2, 0.25) is 0 Å². The lowest BCUT2D eigenvalue weighted by Crippen LogP contribution is -2.44. The number of nitrogens with zero attached hydrogens (tertiary/aromatic N) is 1. The van der Waals surface area contributed by atoms with Gasteiger partial charge in [0, 0.05) is 19.3 Å². The Morgan fingerprint density at radius 1 is 1.00 bits per heavy atom. The van der Waals surface area contributed by atoms with Crippen LogP contribution in [0.4, 0.5) is 14.9 Å². The van der Waals surface area contributed by atoms with Crippen LogP contribution < -0.4 is 16.0 Å². The summed E-state index contributed by atoms with van der Waals surface area (Å²) in [6, 6.07) is 10.8. The molecule has 2 aromatic rings. The summed E-state index contributed by atoms with van der Waals surface area (Å²) >= 11 is 0. The average molecular weight is 400 g/mol. The van der Waals surface area contributed by atoms with Gasteiger partial charge < -0.3 is 20.9 Å². The Kier molecular flexibility index (Phi) is 7.70. The summed E-state index contributed by atoms with van der Waals surface area (Å²) in [5.41, 5.74) is 3.46. The summed E-state index contributed by atoms with van der Waals surface area (Å²) < 4.78 is 12.9. The van der Waals surface area contributed by atoms with Gasteiger partial charge in [-0.2, -0.15) is 0 Å². The molecule has 0 spiro atoms. The largest absolute Gasteiger partial charge is 0.335 e. The van der Waals surface area contributed by atoms with Gasteiger partial charge >= 0.3 is 6.03 Å². The standard InChI is InChI=1S/C21H25FN4O3/c1-14-5-4-6-18(15(14)2)25-19(27)13-26(3)20(28)12-24-21(29)23-11-16-7-9-17(22)10-8-16/h4-10H,11-13H2,1-3H3,(H,25,27)(H2,23,24,29). The smallest absolute Gasteiger partial charge is 0.315 e. The molecule has 0 heterocycles. The fourth-order valence-corrected chi connectivity index (χ4v) is 2.52. The number of amides is 4. The quantitative estimate of drug-likeness (QED) is 0.666. The van der Waals surface area contributed by atoms with Crippen LogP contribution >= 0.6 is 0 Å². The van der Waals surface area contributed by atoms with Crippen molar-refractivity contribution in [2.24, 2.45) is 0 Å². The molecule has 0 bridgehead atoms. The van der Waals surface area contributed by atoms with Crippen molar-refractivity contribution in [2.75, 3.05) is 25.5 Å². The van der Waals surface area contributed by atoms with E-state index in [9.17, 15) is 18.8 Å². The normalized spacial score (nSPS) is 10.2. The molecule has 7 nitrogen and oxygen atoms in total. The molecule has 0 fully saturated rings. The number of halogens is 1. The molecule has 0 saturated heterocycles. The number of aryl methyl sites for hydroxylation is 1. The van der Waals surface area contributed by atoms with Crippen molar-refractivity contribution in [1.82, 2.24) is 15.5 Å². The first kappa shape index (κ1) is 21.9. The van der Waals surface area contributed by atoms with E-state index in [2.05, 4.69) is 16.0 Å². The van der Waals surface area contributed by atoms with E-state index in [1.807, 2.05) is 26.0 Å². The second kappa shape index (κ2) is 10.2. The Hall–Kier alpha value is -3.42. The maximum atomic E-state index is 12.9. The zero-order valence-corrected chi connectivity index (χ0v) is 16.7. The number of hydrogen-bond donors (Lipinski definition) is 3. The van der Waals surface area contributed by atoms with Crippen LogP contribution in [0.15, 0.2) is 42.5 Å². The topological polar surface area (TPSA) is 90.5 Å². The highest BCUT2D eigenvalue weighted by Gasteiger charge is 2.15. The minimum atomic E-state index is -0.532. The molecule has 0 aliphatic rings. The maximum absolute atomic E-state index is 12.9. The minimum absolute atomic E-state index is 0.134. The van der Waals surface area contributed by atoms with E-state index in [1.54, 1.807) is 18.2 Å². The number of rotatable bonds is 7. The van der Waals surface area contributed by atoms with Crippen LogP contribution in [0.5, 0.6) is 0 Å². The van der Waals surface area contributed by atoms with E-state index in [0.717, 1.165) is 16.7 Å². The molecule has 0 unspecified atom stereocenters. The zero-order valence-electron chi connectivity index (χ0n) is 16.7. The predicted octanol–water partition coefficient (Wildman–Crippen LogP) is 2.34. The van der Waals surface area contributed by atoms with Gasteiger partial charge in [-0.3, -0.25) is 9.59 Å². The van der Waals surface area contributed by atoms with Crippen molar-refractivity contribution in [3.8, 4) is 0 Å². The fraction of sp³-hybridized carbons (Fsp3) is 0.286. The van der Waals surface area contributed by atoms with Crippen molar-refractivity contribution in [2.45, 2.75) is 20.4 Å². The molecule has 4 amide bonds. The molecule has 0 saturated carbocycles. The SMILES string of the molecule is Cc1cccc(NC(=O)CN(C)C(=O)CNC(=O)NCc2ccc(F)cc2)c1C. The Labute approximate surface area is 169 Å². The zero-order chi connectivity index (χ0) is 21.4. The van der Waals surface area contributed by atoms with E-state index >= 15 is 0 Å². The Morgan fingerprint density at radius 3 is 2.38 bits per heavy atom. The number of nitrogens with one attached hydrogen (secondary N) is 3. The molecule has 3 N–H and O–H groups in total. The Balaban J connectivity index is 1.73. The van der Waals surface area contributed by atoms with E-state index < -0.39 is 11.9 Å². The van der Waals surface area contributed by atoms with Gasteiger partial charge in [0.05, 0.1) is 13.1 Å². The molecule has 2 aromatic carbocycles. The third-order valence-corrected chi connectivity index (χ3v) is 4.45. The highest BCUT2D eigenvalue weighted by Crippen LogP contribution is 2.17. The van der Waals surface area contributed by atoms with Crippen LogP contribution in [0.3, 0.4) is 0 Å². The monoisotopic (exact) mass is 400 g/mol. The molecule has 0 aliphatic carbocycles. The van der Waals surface area contributed by atoms with Crippen molar-refractivity contribution in [1.29, 1.82) is 0 Å². The lowest BCUT2D eigenvalue weighted by atomic mass is 10.1. The predicted molar refractivity (Wildman–Crippen MR) is 109 cm³/mol. The van der Waals surface area contributed by atoms with E-state index in [0.29, 0.717) is 5.69 Å². The number of anilines is 1. The molecular formula is C21H25FN4O3. The van der Waals surface area contributed by atoms with Crippen LogP contribution in [0, 0.1) is 19.7 Å². The lowest BCUT2D eigenvalue weighted by Gasteiger charge is -2.18. The summed E-state index contributed by atoms with van der Waals surface area (Å²) in [4.78, 5) is 37.3. The second-order valence-corrected chi connectivity index (χ2v) is 6.71. The van der Waals surface area contributed by atoms with Crippen molar-refractivity contribution in [3.05, 3.63) is 65.0 Å². The molecule has 2 rings (SSSR count). The molecule has 0 atom stereocenters. The Morgan fingerprint density at radius 2 is 1.69 bits per heavy atom. The van der Waals surface area contributed by atoms with E-state index in [1.165, 1.54) is 24.1 Å². The first-order valence-corrected chi connectivity index (χ1v) is 9.12. The van der Waals surface area contributed by atoms with Gasteiger partial charge in [-0.05, 0) is 48.7 Å². The average Bonchev–Trinajstić information content (AvgIpc) is 2.69. The van der Waals surface area contributed by atoms with Crippen molar-refractivity contribution < 1.29 is 18.8 Å². The van der Waals surface area contributed by atoms with E-state index in [4.69, 9.17) is 0 Å². The minimum Gasteiger partial charge on any atom is -0.335 e. The van der Waals surface area contributed by atoms with Gasteiger partial charge in [0.15, 0.2) is 0 Å². The summed E-state index contributed by atoms with van der Waals surface area (Å²) in [7, 11) is 1.49. The number of carbonyl (C=O) groups is 3. The first-order valence-electron chi connectivity index (χ1n) is 9.12. The molecule has 0 radical (unpaired) electrons. The first-order chi connectivity index (χ1) is 13.8. The van der Waals surface area contributed by atoms with Gasteiger partial charge in [-0.25, -0.2) is 9.18 Å². The molecular weight excluding hydrogens is 375 g/mol. The van der Waals surface area contributed by atoms with Gasteiger partial charge in [0.2, 0.25) is 11.8 Å². The van der Waals surface area contributed by atoms with Gasteiger partial charge in [0.25, 0.3) is 0 Å². The second-order valence-electron chi connectivity index (χ2n) is 6.71. The van der Waals surface area contributed by atoms with Crippen LogP contribution in [-0.2, 0) is 16.1 Å². The number of hydrogen-bond acceptors (Lipinski definition) is 3. The number of urea groups is 1. The maximum Gasteiger partial charge on any atom is 0.315 e. The highest BCUT2D eigenvalue weighted by atomic mass is 19.1. The van der Waals surface area contributed by atoms with Crippen LogP contribution in [-0.4, -0.2) is 42.9 Å². The molecule has 154 valence electrons. The summed E-state index contributed by atoms with van der Waals surface area (Å²) in [6.45, 7) is 3.68. The molecule has 0 aliphatic heterocycles. The Bertz CT molecular complexity index is 884. The highest BCUT2D eigenvalue weighted by molar-refractivity contribution is 5.95. The molecule has 8 heteroatoms. The van der Waals surface area contributed by atoms with Crippen LogP contribution in [0.1, 0.15) is 16.7 Å². The fourth-order valence-electron chi connectivity index (χ4n) is 2.52. The van der Waals surface area contributed by atoms with Crippen LogP contribution in [0.25, 0.3) is 0 Å². The summed E-state index contributed by atoms with van der Waals surface area (Å²) in [5.74, 6) is -1.08. The third-order valence-electron chi connectivity index (χ3n) is 4.45. The van der Waals surface area contributed by atoms with Gasteiger partial charge in [-0.1, -0.05) is 24.3 Å². The van der Waals surface area contributed by atoms with Gasteiger partial charge in [-0.15, -0.1) is 0 Å². The number of carbonyl (C=O) groups excluding carboxylic acids is 3. The van der Waals surface area contributed by atoms with Crippen molar-refractivity contribution >= 4 is 23.5 Å². The van der Waals surface area contributed by atoms with E-state index in [-0.39, 0.29) is 31.4 Å². The van der Waals surface area contributed by atoms with Gasteiger partial charge in [0.1, 0.15) is 5.82 Å². The number of likely N-dealkylation sites (N-methyl/N-ethyl adjacent to an activating group) is 1.